The van der Waals surface area contributed by atoms with Crippen molar-refractivity contribution in [3.63, 3.8) is 0 Å². The number of nitro benzene ring substituents is 1. The number of halogens is 2. The molecule has 0 N–H and O–H groups in total. The number of benzene rings is 3. The maximum atomic E-state index is 13.1. The Balaban J connectivity index is 1.34. The zero-order valence-electron chi connectivity index (χ0n) is 19.2. The summed E-state index contributed by atoms with van der Waals surface area (Å²) in [5.74, 6) is 0.165. The van der Waals surface area contributed by atoms with Gasteiger partial charge in [0, 0.05) is 44.4 Å². The van der Waals surface area contributed by atoms with Gasteiger partial charge in [0.2, 0.25) is 0 Å². The molecule has 182 valence electrons. The lowest BCUT2D eigenvalue weighted by Crippen LogP contribution is -2.48. The van der Waals surface area contributed by atoms with Crippen LogP contribution in [0.1, 0.15) is 27.0 Å². The molecule has 4 rings (SSSR count). The minimum absolute atomic E-state index is 0.0395. The molecule has 0 radical (unpaired) electrons. The Morgan fingerprint density at radius 2 is 1.74 bits per heavy atom. The average Bonchev–Trinajstić information content (AvgIpc) is 2.85. The first-order valence-electron chi connectivity index (χ1n) is 11.2. The Morgan fingerprint density at radius 3 is 2.46 bits per heavy atom. The van der Waals surface area contributed by atoms with Crippen molar-refractivity contribution in [2.75, 3.05) is 26.2 Å². The molecule has 1 fully saturated rings. The number of carbonyl (C=O) groups is 1. The van der Waals surface area contributed by atoms with Crippen molar-refractivity contribution in [1.29, 1.82) is 0 Å². The zero-order valence-corrected chi connectivity index (χ0v) is 20.8. The second kappa shape index (κ2) is 11.1. The van der Waals surface area contributed by atoms with Crippen LogP contribution in [0, 0.1) is 17.0 Å². The van der Waals surface area contributed by atoms with Crippen molar-refractivity contribution in [1.82, 2.24) is 9.80 Å². The van der Waals surface area contributed by atoms with Gasteiger partial charge in [0.05, 0.1) is 15.0 Å². The molecule has 1 heterocycles. The summed E-state index contributed by atoms with van der Waals surface area (Å²) >= 11 is 12.1. The Morgan fingerprint density at radius 1 is 0.971 bits per heavy atom. The standard InChI is InChI=1S/C26H25Cl2N3O4/c1-18-5-8-25(24(13-18)31(33)34)35-17-20-3-2-4-21(14-20)26(32)30-11-9-29(10-12-30)16-19-6-7-22(27)23(28)15-19/h2-8,13-15H,9-12,16-17H2,1H3. The van der Waals surface area contributed by atoms with E-state index in [-0.39, 0.29) is 24.0 Å². The van der Waals surface area contributed by atoms with Crippen LogP contribution in [0.3, 0.4) is 0 Å². The van der Waals surface area contributed by atoms with Gasteiger partial charge in [-0.2, -0.15) is 0 Å². The molecular weight excluding hydrogens is 489 g/mol. The largest absolute Gasteiger partial charge is 0.482 e. The summed E-state index contributed by atoms with van der Waals surface area (Å²) in [4.78, 5) is 28.1. The number of aryl methyl sites for hydroxylation is 1. The van der Waals surface area contributed by atoms with Crippen molar-refractivity contribution < 1.29 is 14.5 Å². The van der Waals surface area contributed by atoms with E-state index in [9.17, 15) is 14.9 Å². The van der Waals surface area contributed by atoms with Crippen LogP contribution in [-0.2, 0) is 13.2 Å². The number of hydrogen-bond acceptors (Lipinski definition) is 5. The van der Waals surface area contributed by atoms with Crippen LogP contribution >= 0.6 is 23.2 Å². The van der Waals surface area contributed by atoms with Crippen LogP contribution in [0.4, 0.5) is 5.69 Å². The highest BCUT2D eigenvalue weighted by molar-refractivity contribution is 6.42. The van der Waals surface area contributed by atoms with Crippen molar-refractivity contribution in [3.8, 4) is 5.75 Å². The van der Waals surface area contributed by atoms with Crippen molar-refractivity contribution in [2.45, 2.75) is 20.1 Å². The molecule has 3 aromatic rings. The molecular formula is C26H25Cl2N3O4. The fraction of sp³-hybridized carbons (Fsp3) is 0.269. The molecule has 3 aromatic carbocycles. The topological polar surface area (TPSA) is 75.9 Å². The summed E-state index contributed by atoms with van der Waals surface area (Å²) in [7, 11) is 0. The molecule has 35 heavy (non-hydrogen) atoms. The van der Waals surface area contributed by atoms with Gasteiger partial charge in [-0.1, -0.05) is 47.5 Å². The molecule has 1 amide bonds. The molecule has 0 aromatic heterocycles. The number of ether oxygens (including phenoxy) is 1. The summed E-state index contributed by atoms with van der Waals surface area (Å²) in [6.45, 7) is 5.42. The molecule has 0 atom stereocenters. The molecule has 1 aliphatic rings. The highest BCUT2D eigenvalue weighted by Gasteiger charge is 2.23. The Labute approximate surface area is 214 Å². The normalized spacial score (nSPS) is 14.1. The second-order valence-electron chi connectivity index (χ2n) is 8.53. The molecule has 1 saturated heterocycles. The van der Waals surface area contributed by atoms with E-state index in [0.29, 0.717) is 28.7 Å². The van der Waals surface area contributed by atoms with Crippen molar-refractivity contribution in [2.24, 2.45) is 0 Å². The van der Waals surface area contributed by atoms with Gasteiger partial charge >= 0.3 is 5.69 Å². The fourth-order valence-electron chi connectivity index (χ4n) is 4.04. The molecule has 7 nitrogen and oxygen atoms in total. The third kappa shape index (κ3) is 6.31. The van der Waals surface area contributed by atoms with Crippen molar-refractivity contribution >= 4 is 34.8 Å². The summed E-state index contributed by atoms with van der Waals surface area (Å²) in [6, 6.07) is 17.7. The van der Waals surface area contributed by atoms with Gasteiger partial charge < -0.3 is 9.64 Å². The number of piperazine rings is 1. The van der Waals surface area contributed by atoms with Gasteiger partial charge in [-0.3, -0.25) is 19.8 Å². The van der Waals surface area contributed by atoms with Crippen molar-refractivity contribution in [3.05, 3.63) is 103 Å². The fourth-order valence-corrected chi connectivity index (χ4v) is 4.36. The number of amides is 1. The number of hydrogen-bond donors (Lipinski definition) is 0. The smallest absolute Gasteiger partial charge is 0.311 e. The second-order valence-corrected chi connectivity index (χ2v) is 9.35. The summed E-state index contributed by atoms with van der Waals surface area (Å²) < 4.78 is 5.72. The summed E-state index contributed by atoms with van der Waals surface area (Å²) in [6.07, 6.45) is 0. The highest BCUT2D eigenvalue weighted by Crippen LogP contribution is 2.28. The van der Waals surface area contributed by atoms with E-state index in [4.69, 9.17) is 27.9 Å². The minimum Gasteiger partial charge on any atom is -0.482 e. The van der Waals surface area contributed by atoms with E-state index in [1.807, 2.05) is 23.1 Å². The lowest BCUT2D eigenvalue weighted by molar-refractivity contribution is -0.386. The highest BCUT2D eigenvalue weighted by atomic mass is 35.5. The molecule has 0 saturated carbocycles. The SMILES string of the molecule is Cc1ccc(OCc2cccc(C(=O)N3CCN(Cc4ccc(Cl)c(Cl)c4)CC3)c2)c([N+](=O)[O-])c1. The molecule has 0 unspecified atom stereocenters. The van der Waals surface area contributed by atoms with Crippen LogP contribution in [0.5, 0.6) is 5.75 Å². The van der Waals surface area contributed by atoms with E-state index < -0.39 is 4.92 Å². The molecule has 0 spiro atoms. The Hall–Kier alpha value is -3.13. The van der Waals surface area contributed by atoms with Gasteiger partial charge in [0.15, 0.2) is 5.75 Å². The van der Waals surface area contributed by atoms with E-state index in [0.717, 1.165) is 36.3 Å². The summed E-state index contributed by atoms with van der Waals surface area (Å²) in [5, 5.41) is 12.4. The number of nitrogens with zero attached hydrogens (tertiary/aromatic N) is 3. The first-order valence-corrected chi connectivity index (χ1v) is 12.0. The average molecular weight is 514 g/mol. The summed E-state index contributed by atoms with van der Waals surface area (Å²) in [5.41, 5.74) is 3.14. The Kier molecular flexibility index (Phi) is 7.90. The maximum absolute atomic E-state index is 13.1. The van der Waals surface area contributed by atoms with E-state index in [1.165, 1.54) is 6.07 Å². The molecule has 0 aliphatic carbocycles. The quantitative estimate of drug-likeness (QED) is 0.297. The predicted octanol–water partition coefficient (Wildman–Crippen LogP) is 5.75. The first-order chi connectivity index (χ1) is 16.8. The van der Waals surface area contributed by atoms with E-state index >= 15 is 0 Å². The first kappa shape index (κ1) is 25.0. The molecule has 1 aliphatic heterocycles. The van der Waals surface area contributed by atoms with E-state index in [1.54, 1.807) is 43.3 Å². The van der Waals surface area contributed by atoms with Gasteiger partial charge in [-0.25, -0.2) is 0 Å². The van der Waals surface area contributed by atoms with Crippen LogP contribution in [0.25, 0.3) is 0 Å². The molecule has 9 heteroatoms. The minimum atomic E-state index is -0.455. The van der Waals surface area contributed by atoms with Crippen LogP contribution < -0.4 is 4.74 Å². The molecule has 0 bridgehead atoms. The maximum Gasteiger partial charge on any atom is 0.311 e. The third-order valence-electron chi connectivity index (χ3n) is 5.93. The number of carbonyl (C=O) groups excluding carboxylic acids is 1. The predicted molar refractivity (Wildman–Crippen MR) is 136 cm³/mol. The van der Waals surface area contributed by atoms with Gasteiger partial charge in [-0.05, 0) is 53.9 Å². The van der Waals surface area contributed by atoms with Gasteiger partial charge in [0.25, 0.3) is 5.91 Å². The number of rotatable bonds is 7. The van der Waals surface area contributed by atoms with Gasteiger partial charge in [0.1, 0.15) is 6.61 Å². The van der Waals surface area contributed by atoms with Crippen LogP contribution in [0.15, 0.2) is 60.7 Å². The van der Waals surface area contributed by atoms with E-state index in [2.05, 4.69) is 4.90 Å². The monoisotopic (exact) mass is 513 g/mol. The number of nitro groups is 1. The van der Waals surface area contributed by atoms with Crippen LogP contribution in [-0.4, -0.2) is 46.8 Å². The lowest BCUT2D eigenvalue weighted by atomic mass is 10.1. The van der Waals surface area contributed by atoms with Crippen LogP contribution in [0.2, 0.25) is 10.0 Å². The Bertz CT molecular complexity index is 1240. The van der Waals surface area contributed by atoms with Gasteiger partial charge in [-0.15, -0.1) is 0 Å². The zero-order chi connectivity index (χ0) is 24.9. The third-order valence-corrected chi connectivity index (χ3v) is 6.67. The lowest BCUT2D eigenvalue weighted by Gasteiger charge is -2.35.